The zero-order valence-corrected chi connectivity index (χ0v) is 11.4. The molecule has 0 saturated heterocycles. The van der Waals surface area contributed by atoms with E-state index < -0.39 is 0 Å². The molecule has 1 aliphatic heterocycles. The van der Waals surface area contributed by atoms with Crippen molar-refractivity contribution in [2.24, 2.45) is 5.73 Å². The Labute approximate surface area is 118 Å². The van der Waals surface area contributed by atoms with Crippen molar-refractivity contribution in [3.63, 3.8) is 0 Å². The molecular weight excluding hydrogens is 250 g/mol. The minimum atomic E-state index is 0.570. The summed E-state index contributed by atoms with van der Waals surface area (Å²) in [5.41, 5.74) is 8.13. The molecule has 20 heavy (non-hydrogen) atoms. The predicted molar refractivity (Wildman–Crippen MR) is 81.3 cm³/mol. The largest absolute Gasteiger partial charge is 0.353 e. The van der Waals surface area contributed by atoms with Crippen molar-refractivity contribution in [2.75, 3.05) is 29.9 Å². The maximum Gasteiger partial charge on any atom is 0.224 e. The number of nitrogens with one attached hydrogen (secondary N) is 1. The molecule has 104 valence electrons. The van der Waals surface area contributed by atoms with E-state index in [9.17, 15) is 0 Å². The Kier molecular flexibility index (Phi) is 3.78. The van der Waals surface area contributed by atoms with Gasteiger partial charge < -0.3 is 16.0 Å². The van der Waals surface area contributed by atoms with Gasteiger partial charge in [0, 0.05) is 31.5 Å². The summed E-state index contributed by atoms with van der Waals surface area (Å²) in [4.78, 5) is 11.1. The molecule has 1 aromatic carbocycles. The molecule has 0 fully saturated rings. The lowest BCUT2D eigenvalue weighted by Crippen LogP contribution is -2.25. The summed E-state index contributed by atoms with van der Waals surface area (Å²) in [6.45, 7) is 2.24. The summed E-state index contributed by atoms with van der Waals surface area (Å²) in [5.74, 6) is 1.57. The number of hydrogen-bond donors (Lipinski definition) is 2. The van der Waals surface area contributed by atoms with Crippen LogP contribution in [0.3, 0.4) is 0 Å². The summed E-state index contributed by atoms with van der Waals surface area (Å²) in [5, 5.41) is 3.12. The predicted octanol–water partition coefficient (Wildman–Crippen LogP) is 1.93. The van der Waals surface area contributed by atoms with E-state index in [1.807, 2.05) is 6.07 Å². The van der Waals surface area contributed by atoms with E-state index >= 15 is 0 Å². The normalized spacial score (nSPS) is 13.9. The highest BCUT2D eigenvalue weighted by Gasteiger charge is 2.18. The number of nitrogens with zero attached hydrogens (tertiary/aromatic N) is 3. The van der Waals surface area contributed by atoms with E-state index in [4.69, 9.17) is 5.73 Å². The molecule has 0 aliphatic carbocycles. The first kappa shape index (κ1) is 12.9. The number of benzene rings is 1. The summed E-state index contributed by atoms with van der Waals surface area (Å²) in [7, 11) is 0. The van der Waals surface area contributed by atoms with E-state index in [1.54, 1.807) is 6.20 Å². The van der Waals surface area contributed by atoms with Crippen LogP contribution in [0, 0.1) is 0 Å². The molecule has 0 spiro atoms. The molecule has 5 heteroatoms. The van der Waals surface area contributed by atoms with Crippen LogP contribution in [0.25, 0.3) is 0 Å². The third-order valence-electron chi connectivity index (χ3n) is 3.46. The number of hydrogen-bond acceptors (Lipinski definition) is 5. The monoisotopic (exact) mass is 269 g/mol. The van der Waals surface area contributed by atoms with Crippen LogP contribution in [0.15, 0.2) is 36.5 Å². The fourth-order valence-electron chi connectivity index (χ4n) is 2.54. The lowest BCUT2D eigenvalue weighted by Gasteiger charge is -2.30. The molecule has 2 heterocycles. The van der Waals surface area contributed by atoms with Crippen LogP contribution in [0.1, 0.15) is 12.0 Å². The molecule has 0 amide bonds. The van der Waals surface area contributed by atoms with Crippen molar-refractivity contribution in [3.8, 4) is 0 Å². The van der Waals surface area contributed by atoms with Crippen molar-refractivity contribution < 1.29 is 0 Å². The fourth-order valence-corrected chi connectivity index (χ4v) is 2.54. The van der Waals surface area contributed by atoms with Crippen LogP contribution < -0.4 is 16.0 Å². The third kappa shape index (κ3) is 2.58. The lowest BCUT2D eigenvalue weighted by atomic mass is 10.0. The molecule has 0 saturated carbocycles. The Morgan fingerprint density at radius 2 is 2.15 bits per heavy atom. The SMILES string of the molecule is NCCNc1nccc(N2CCCc3ccccc32)n1. The number of fused-ring (bicyclic) bond motifs is 1. The van der Waals surface area contributed by atoms with Crippen molar-refractivity contribution >= 4 is 17.5 Å². The minimum Gasteiger partial charge on any atom is -0.353 e. The number of rotatable bonds is 4. The summed E-state index contributed by atoms with van der Waals surface area (Å²) in [6, 6.07) is 10.5. The number of nitrogens with two attached hydrogens (primary N) is 1. The molecule has 0 unspecified atom stereocenters. The van der Waals surface area contributed by atoms with Gasteiger partial charge in [-0.25, -0.2) is 4.98 Å². The van der Waals surface area contributed by atoms with E-state index in [2.05, 4.69) is 44.5 Å². The first-order valence-corrected chi connectivity index (χ1v) is 7.01. The van der Waals surface area contributed by atoms with Crippen molar-refractivity contribution in [2.45, 2.75) is 12.8 Å². The molecule has 5 nitrogen and oxygen atoms in total. The second-order valence-corrected chi connectivity index (χ2v) is 4.84. The molecular formula is C15H19N5. The maximum absolute atomic E-state index is 5.49. The van der Waals surface area contributed by atoms with E-state index in [1.165, 1.54) is 11.3 Å². The van der Waals surface area contributed by atoms with Crippen LogP contribution in [-0.4, -0.2) is 29.6 Å². The van der Waals surface area contributed by atoms with Crippen LogP contribution >= 0.6 is 0 Å². The Balaban J connectivity index is 1.90. The van der Waals surface area contributed by atoms with Crippen LogP contribution in [0.5, 0.6) is 0 Å². The van der Waals surface area contributed by atoms with Gasteiger partial charge in [-0.2, -0.15) is 4.98 Å². The average Bonchev–Trinajstić information content (AvgIpc) is 2.52. The van der Waals surface area contributed by atoms with Gasteiger partial charge >= 0.3 is 0 Å². The highest BCUT2D eigenvalue weighted by molar-refractivity contribution is 5.65. The Bertz CT molecular complexity index is 584. The molecule has 1 aliphatic rings. The second kappa shape index (κ2) is 5.88. The van der Waals surface area contributed by atoms with Crippen LogP contribution in [0.2, 0.25) is 0 Å². The summed E-state index contributed by atoms with van der Waals surface area (Å²) in [6.07, 6.45) is 4.07. The molecule has 0 radical (unpaired) electrons. The zero-order valence-electron chi connectivity index (χ0n) is 11.4. The molecule has 3 rings (SSSR count). The van der Waals surface area contributed by atoms with Crippen molar-refractivity contribution in [3.05, 3.63) is 42.1 Å². The standard InChI is InChI=1S/C15H19N5/c16-8-10-18-15-17-9-7-14(19-15)20-11-3-5-12-4-1-2-6-13(12)20/h1-2,4,6-7,9H,3,5,8,10-11,16H2,(H,17,18,19). The second-order valence-electron chi connectivity index (χ2n) is 4.84. The van der Waals surface area contributed by atoms with Gasteiger partial charge in [0.1, 0.15) is 5.82 Å². The molecule has 0 atom stereocenters. The summed E-state index contributed by atoms with van der Waals surface area (Å²) >= 11 is 0. The highest BCUT2D eigenvalue weighted by atomic mass is 15.2. The van der Waals surface area contributed by atoms with Gasteiger partial charge in [-0.05, 0) is 30.5 Å². The number of aryl methyl sites for hydroxylation is 1. The number of aromatic nitrogens is 2. The fraction of sp³-hybridized carbons (Fsp3) is 0.333. The van der Waals surface area contributed by atoms with Gasteiger partial charge in [0.2, 0.25) is 5.95 Å². The topological polar surface area (TPSA) is 67.1 Å². The molecule has 1 aromatic heterocycles. The van der Waals surface area contributed by atoms with Crippen molar-refractivity contribution in [1.29, 1.82) is 0 Å². The molecule has 0 bridgehead atoms. The molecule has 3 N–H and O–H groups in total. The quantitative estimate of drug-likeness (QED) is 0.887. The highest BCUT2D eigenvalue weighted by Crippen LogP contribution is 2.32. The Hall–Kier alpha value is -2.14. The molecule has 2 aromatic rings. The maximum atomic E-state index is 5.49. The number of para-hydroxylation sites is 1. The van der Waals surface area contributed by atoms with Gasteiger partial charge in [-0.1, -0.05) is 18.2 Å². The van der Waals surface area contributed by atoms with Gasteiger partial charge in [0.25, 0.3) is 0 Å². The smallest absolute Gasteiger partial charge is 0.224 e. The number of anilines is 3. The van der Waals surface area contributed by atoms with Gasteiger partial charge in [0.05, 0.1) is 0 Å². The first-order valence-electron chi connectivity index (χ1n) is 7.01. The first-order chi connectivity index (χ1) is 9.88. The van der Waals surface area contributed by atoms with Crippen LogP contribution in [0.4, 0.5) is 17.5 Å². The van der Waals surface area contributed by atoms with Gasteiger partial charge in [0.15, 0.2) is 0 Å². The van der Waals surface area contributed by atoms with E-state index in [0.29, 0.717) is 19.0 Å². The van der Waals surface area contributed by atoms with E-state index in [0.717, 1.165) is 25.2 Å². The zero-order chi connectivity index (χ0) is 13.8. The lowest BCUT2D eigenvalue weighted by molar-refractivity contribution is 0.758. The third-order valence-corrected chi connectivity index (χ3v) is 3.46. The Morgan fingerprint density at radius 3 is 3.05 bits per heavy atom. The van der Waals surface area contributed by atoms with E-state index in [-0.39, 0.29) is 0 Å². The van der Waals surface area contributed by atoms with Crippen molar-refractivity contribution in [1.82, 2.24) is 9.97 Å². The Morgan fingerprint density at radius 1 is 1.25 bits per heavy atom. The van der Waals surface area contributed by atoms with Gasteiger partial charge in [-0.15, -0.1) is 0 Å². The minimum absolute atomic E-state index is 0.570. The van der Waals surface area contributed by atoms with Crippen LogP contribution in [-0.2, 0) is 6.42 Å². The average molecular weight is 269 g/mol. The summed E-state index contributed by atoms with van der Waals surface area (Å²) < 4.78 is 0. The van der Waals surface area contributed by atoms with Gasteiger partial charge in [-0.3, -0.25) is 0 Å².